The van der Waals surface area contributed by atoms with Gasteiger partial charge in [-0.05, 0) is 62.7 Å². The molecule has 0 bridgehead atoms. The molecule has 150 valence electrons. The number of aromatic nitrogens is 4. The number of nitrogens with zero attached hydrogens (tertiary/aromatic N) is 3. The third-order valence-electron chi connectivity index (χ3n) is 4.45. The molecule has 8 nitrogen and oxygen atoms in total. The standard InChI is InChI=1S/C20H22N6O2S/c1-11-10-16(26-25-11)23-18-17(28-3)12(2)21-20(24-18)29-15-8-6-14(7-9-15)22-19(27)13-4-5-13/h6-10,13H,4-5H2,1-3H3,(H,22,27)(H2,21,23,24,25,26). The van der Waals surface area contributed by atoms with Crippen LogP contribution < -0.4 is 15.4 Å². The number of rotatable bonds is 7. The van der Waals surface area contributed by atoms with Crippen molar-refractivity contribution in [3.05, 3.63) is 41.7 Å². The number of carbonyl (C=O) groups excluding carboxylic acids is 1. The van der Waals surface area contributed by atoms with Gasteiger partial charge < -0.3 is 15.4 Å². The van der Waals surface area contributed by atoms with Gasteiger partial charge in [-0.25, -0.2) is 9.97 Å². The van der Waals surface area contributed by atoms with Crippen LogP contribution in [0.25, 0.3) is 0 Å². The molecule has 0 spiro atoms. The quantitative estimate of drug-likeness (QED) is 0.504. The molecule has 1 fully saturated rings. The number of H-pyrrole nitrogens is 1. The van der Waals surface area contributed by atoms with Crippen LogP contribution in [0, 0.1) is 19.8 Å². The molecule has 29 heavy (non-hydrogen) atoms. The van der Waals surface area contributed by atoms with Crippen LogP contribution in [0.5, 0.6) is 5.75 Å². The molecule has 1 amide bonds. The summed E-state index contributed by atoms with van der Waals surface area (Å²) in [6.07, 6.45) is 1.98. The normalized spacial score (nSPS) is 13.2. The molecule has 1 aliphatic rings. The lowest BCUT2D eigenvalue weighted by Crippen LogP contribution is -2.12. The van der Waals surface area contributed by atoms with E-state index in [9.17, 15) is 4.79 Å². The Bertz CT molecular complexity index is 1030. The van der Waals surface area contributed by atoms with E-state index in [0.717, 1.165) is 34.8 Å². The van der Waals surface area contributed by atoms with Crippen molar-refractivity contribution in [1.82, 2.24) is 20.2 Å². The first kappa shape index (κ1) is 19.3. The summed E-state index contributed by atoms with van der Waals surface area (Å²) >= 11 is 1.44. The number of hydrogen-bond donors (Lipinski definition) is 3. The van der Waals surface area contributed by atoms with Gasteiger partial charge in [-0.2, -0.15) is 5.10 Å². The predicted octanol–water partition coefficient (Wildman–Crippen LogP) is 4.07. The number of carbonyl (C=O) groups is 1. The largest absolute Gasteiger partial charge is 0.491 e. The van der Waals surface area contributed by atoms with Crippen molar-refractivity contribution in [2.45, 2.75) is 36.7 Å². The lowest BCUT2D eigenvalue weighted by molar-refractivity contribution is -0.117. The Morgan fingerprint density at radius 3 is 2.59 bits per heavy atom. The van der Waals surface area contributed by atoms with E-state index in [4.69, 9.17) is 4.74 Å². The van der Waals surface area contributed by atoms with Gasteiger partial charge in [-0.1, -0.05) is 0 Å². The number of aryl methyl sites for hydroxylation is 2. The fraction of sp³-hybridized carbons (Fsp3) is 0.300. The number of methoxy groups -OCH3 is 1. The topological polar surface area (TPSA) is 105 Å². The number of aromatic amines is 1. The van der Waals surface area contributed by atoms with Crippen molar-refractivity contribution in [3.63, 3.8) is 0 Å². The minimum absolute atomic E-state index is 0.101. The molecule has 3 N–H and O–H groups in total. The van der Waals surface area contributed by atoms with Crippen LogP contribution >= 0.6 is 11.8 Å². The Morgan fingerprint density at radius 2 is 1.97 bits per heavy atom. The van der Waals surface area contributed by atoms with Crippen LogP contribution in [0.3, 0.4) is 0 Å². The summed E-state index contributed by atoms with van der Waals surface area (Å²) in [5.74, 6) is 2.08. The van der Waals surface area contributed by atoms with E-state index < -0.39 is 0 Å². The number of amides is 1. The highest BCUT2D eigenvalue weighted by molar-refractivity contribution is 7.99. The van der Waals surface area contributed by atoms with Gasteiger partial charge >= 0.3 is 0 Å². The second kappa shape index (κ2) is 8.12. The average molecular weight is 411 g/mol. The second-order valence-electron chi connectivity index (χ2n) is 6.92. The van der Waals surface area contributed by atoms with Crippen molar-refractivity contribution in [2.75, 3.05) is 17.7 Å². The highest BCUT2D eigenvalue weighted by Gasteiger charge is 2.29. The van der Waals surface area contributed by atoms with Gasteiger partial charge in [0, 0.05) is 28.3 Å². The Hall–Kier alpha value is -3.07. The minimum atomic E-state index is 0.101. The highest BCUT2D eigenvalue weighted by Crippen LogP contribution is 2.34. The van der Waals surface area contributed by atoms with E-state index in [1.54, 1.807) is 7.11 Å². The van der Waals surface area contributed by atoms with E-state index in [1.165, 1.54) is 11.8 Å². The van der Waals surface area contributed by atoms with E-state index in [1.807, 2.05) is 44.2 Å². The molecule has 2 aromatic heterocycles. The summed E-state index contributed by atoms with van der Waals surface area (Å²) in [5, 5.41) is 13.8. The second-order valence-corrected chi connectivity index (χ2v) is 7.97. The summed E-state index contributed by atoms with van der Waals surface area (Å²) in [6.45, 7) is 3.81. The third-order valence-corrected chi connectivity index (χ3v) is 5.32. The van der Waals surface area contributed by atoms with Crippen molar-refractivity contribution in [2.24, 2.45) is 5.92 Å². The molecule has 0 radical (unpaired) electrons. The van der Waals surface area contributed by atoms with Crippen LogP contribution in [0.1, 0.15) is 24.2 Å². The fourth-order valence-corrected chi connectivity index (χ4v) is 3.62. The molecule has 0 unspecified atom stereocenters. The van der Waals surface area contributed by atoms with Gasteiger partial charge in [0.15, 0.2) is 22.5 Å². The summed E-state index contributed by atoms with van der Waals surface area (Å²) in [6, 6.07) is 9.56. The average Bonchev–Trinajstić information content (AvgIpc) is 3.46. The number of ether oxygens (including phenoxy) is 1. The smallest absolute Gasteiger partial charge is 0.227 e. The lowest BCUT2D eigenvalue weighted by Gasteiger charge is -2.12. The monoisotopic (exact) mass is 410 g/mol. The van der Waals surface area contributed by atoms with Gasteiger partial charge in [-0.3, -0.25) is 9.89 Å². The zero-order valence-corrected chi connectivity index (χ0v) is 17.3. The maximum atomic E-state index is 11.9. The van der Waals surface area contributed by atoms with E-state index in [-0.39, 0.29) is 11.8 Å². The lowest BCUT2D eigenvalue weighted by atomic mass is 10.3. The molecule has 1 aromatic carbocycles. The zero-order chi connectivity index (χ0) is 20.4. The summed E-state index contributed by atoms with van der Waals surface area (Å²) in [7, 11) is 1.59. The Kier molecular flexibility index (Phi) is 5.39. The molecule has 2 heterocycles. The Balaban J connectivity index is 1.51. The maximum absolute atomic E-state index is 11.9. The van der Waals surface area contributed by atoms with Crippen molar-refractivity contribution >= 4 is 35.0 Å². The number of benzene rings is 1. The number of nitrogens with one attached hydrogen (secondary N) is 3. The fourth-order valence-electron chi connectivity index (χ4n) is 2.82. The first-order chi connectivity index (χ1) is 14.0. The van der Waals surface area contributed by atoms with Gasteiger partial charge in [0.05, 0.1) is 12.8 Å². The Labute approximate surface area is 172 Å². The van der Waals surface area contributed by atoms with Crippen LogP contribution in [0.4, 0.5) is 17.3 Å². The van der Waals surface area contributed by atoms with Crippen molar-refractivity contribution < 1.29 is 9.53 Å². The van der Waals surface area contributed by atoms with E-state index >= 15 is 0 Å². The van der Waals surface area contributed by atoms with Gasteiger partial charge in [0.25, 0.3) is 0 Å². The van der Waals surface area contributed by atoms with E-state index in [2.05, 4.69) is 30.8 Å². The molecule has 0 saturated heterocycles. The minimum Gasteiger partial charge on any atom is -0.491 e. The van der Waals surface area contributed by atoms with Crippen LogP contribution in [-0.2, 0) is 4.79 Å². The first-order valence-corrected chi connectivity index (χ1v) is 10.1. The molecule has 3 aromatic rings. The van der Waals surface area contributed by atoms with Gasteiger partial charge in [0.2, 0.25) is 5.91 Å². The number of anilines is 3. The SMILES string of the molecule is COc1c(C)nc(Sc2ccc(NC(=O)C3CC3)cc2)nc1Nc1cc(C)[nH]n1. The predicted molar refractivity (Wildman–Crippen MR) is 112 cm³/mol. The molecule has 1 saturated carbocycles. The summed E-state index contributed by atoms with van der Waals surface area (Å²) in [5.41, 5.74) is 2.48. The van der Waals surface area contributed by atoms with Gasteiger partial charge in [-0.15, -0.1) is 0 Å². The molecule has 0 atom stereocenters. The molecular formula is C20H22N6O2S. The Morgan fingerprint density at radius 1 is 1.21 bits per heavy atom. The maximum Gasteiger partial charge on any atom is 0.227 e. The van der Waals surface area contributed by atoms with Crippen molar-refractivity contribution in [3.8, 4) is 5.75 Å². The molecule has 0 aliphatic heterocycles. The molecule has 1 aliphatic carbocycles. The van der Waals surface area contributed by atoms with Crippen LogP contribution in [-0.4, -0.2) is 33.2 Å². The van der Waals surface area contributed by atoms with Crippen molar-refractivity contribution in [1.29, 1.82) is 0 Å². The number of hydrogen-bond acceptors (Lipinski definition) is 7. The first-order valence-electron chi connectivity index (χ1n) is 9.32. The van der Waals surface area contributed by atoms with Crippen LogP contribution in [0.15, 0.2) is 40.4 Å². The summed E-state index contributed by atoms with van der Waals surface area (Å²) < 4.78 is 5.46. The highest BCUT2D eigenvalue weighted by atomic mass is 32.2. The molecule has 9 heteroatoms. The summed E-state index contributed by atoms with van der Waals surface area (Å²) in [4.78, 5) is 22.0. The third kappa shape index (κ3) is 4.68. The van der Waals surface area contributed by atoms with Gasteiger partial charge in [0.1, 0.15) is 0 Å². The van der Waals surface area contributed by atoms with Crippen LogP contribution in [0.2, 0.25) is 0 Å². The molecule has 4 rings (SSSR count). The zero-order valence-electron chi connectivity index (χ0n) is 16.4. The van der Waals surface area contributed by atoms with E-state index in [0.29, 0.717) is 22.5 Å². The molecular weight excluding hydrogens is 388 g/mol.